The monoisotopic (exact) mass is 351 g/mol. The van der Waals surface area contributed by atoms with Crippen molar-refractivity contribution in [3.63, 3.8) is 0 Å². The molecular formula is C16H21N3O4S. The van der Waals surface area contributed by atoms with E-state index in [9.17, 15) is 14.7 Å². The zero-order valence-corrected chi connectivity index (χ0v) is 14.6. The van der Waals surface area contributed by atoms with Crippen LogP contribution in [0.3, 0.4) is 0 Å². The number of rotatable bonds is 5. The lowest BCUT2D eigenvalue weighted by atomic mass is 9.86. The van der Waals surface area contributed by atoms with Crippen molar-refractivity contribution in [2.45, 2.75) is 19.8 Å². The molecule has 0 aliphatic carbocycles. The van der Waals surface area contributed by atoms with Crippen LogP contribution >= 0.6 is 11.3 Å². The fraction of sp³-hybridized carbons (Fsp3) is 0.562. The molecule has 7 nitrogen and oxygen atoms in total. The molecule has 2 N–H and O–H groups in total. The Morgan fingerprint density at radius 3 is 2.83 bits per heavy atom. The zero-order valence-electron chi connectivity index (χ0n) is 13.7. The summed E-state index contributed by atoms with van der Waals surface area (Å²) in [4.78, 5) is 25.5. The standard InChI is InChI=1S/C16H21N3O4S/c1-9-11-7-13(24-15(11)19(2)18-9)14(20)17-8-12(16(21)22)10-3-5-23-6-4-10/h7,10,12H,3-6,8H2,1-2H3,(H,17,20)(H,21,22). The molecule has 3 rings (SSSR count). The summed E-state index contributed by atoms with van der Waals surface area (Å²) in [6.07, 6.45) is 1.45. The number of aliphatic carboxylic acids is 1. The smallest absolute Gasteiger partial charge is 0.308 e. The molecule has 0 bridgehead atoms. The van der Waals surface area contributed by atoms with E-state index in [0.29, 0.717) is 18.1 Å². The first-order valence-electron chi connectivity index (χ1n) is 7.99. The fourth-order valence-electron chi connectivity index (χ4n) is 3.18. The summed E-state index contributed by atoms with van der Waals surface area (Å²) in [5, 5.41) is 17.5. The Morgan fingerprint density at radius 1 is 1.50 bits per heavy atom. The highest BCUT2D eigenvalue weighted by Gasteiger charge is 2.30. The number of thiophene rings is 1. The predicted molar refractivity (Wildman–Crippen MR) is 90.3 cm³/mol. The topological polar surface area (TPSA) is 93.5 Å². The average molecular weight is 351 g/mol. The van der Waals surface area contributed by atoms with Gasteiger partial charge in [0.15, 0.2) is 0 Å². The van der Waals surface area contributed by atoms with Crippen LogP contribution in [0.4, 0.5) is 0 Å². The summed E-state index contributed by atoms with van der Waals surface area (Å²) in [5.74, 6) is -1.62. The van der Waals surface area contributed by atoms with Gasteiger partial charge < -0.3 is 15.2 Å². The molecule has 1 atom stereocenters. The number of carboxylic acid groups (broad SMARTS) is 1. The molecular weight excluding hydrogens is 330 g/mol. The average Bonchev–Trinajstić information content (AvgIpc) is 3.10. The van der Waals surface area contributed by atoms with E-state index >= 15 is 0 Å². The van der Waals surface area contributed by atoms with Gasteiger partial charge in [0.05, 0.1) is 16.5 Å². The molecule has 0 aromatic carbocycles. The van der Waals surface area contributed by atoms with E-state index in [1.54, 1.807) is 4.68 Å². The molecule has 1 saturated heterocycles. The lowest BCUT2D eigenvalue weighted by Gasteiger charge is -2.27. The van der Waals surface area contributed by atoms with Gasteiger partial charge in [0.1, 0.15) is 4.83 Å². The van der Waals surface area contributed by atoms with Gasteiger partial charge in [-0.05, 0) is 31.7 Å². The fourth-order valence-corrected chi connectivity index (χ4v) is 4.22. The first-order valence-corrected chi connectivity index (χ1v) is 8.81. The number of nitrogens with one attached hydrogen (secondary N) is 1. The zero-order chi connectivity index (χ0) is 17.3. The predicted octanol–water partition coefficient (Wildman–Crippen LogP) is 1.80. The molecule has 1 amide bonds. The number of aryl methyl sites for hydroxylation is 2. The molecule has 24 heavy (non-hydrogen) atoms. The lowest BCUT2D eigenvalue weighted by Crippen LogP contribution is -2.38. The van der Waals surface area contributed by atoms with Crippen LogP contribution in [0.2, 0.25) is 0 Å². The molecule has 1 fully saturated rings. The van der Waals surface area contributed by atoms with Crippen molar-refractivity contribution in [1.29, 1.82) is 0 Å². The number of carbonyl (C=O) groups is 2. The van der Waals surface area contributed by atoms with E-state index in [-0.39, 0.29) is 18.4 Å². The first-order chi connectivity index (χ1) is 11.5. The number of ether oxygens (including phenoxy) is 1. The van der Waals surface area contributed by atoms with Gasteiger partial charge in [-0.25, -0.2) is 0 Å². The number of aromatic nitrogens is 2. The molecule has 1 aliphatic rings. The minimum Gasteiger partial charge on any atom is -0.481 e. The highest BCUT2D eigenvalue weighted by molar-refractivity contribution is 7.20. The van der Waals surface area contributed by atoms with Crippen LogP contribution in [0.5, 0.6) is 0 Å². The quantitative estimate of drug-likeness (QED) is 0.857. The summed E-state index contributed by atoms with van der Waals surface area (Å²) in [7, 11) is 1.85. The maximum absolute atomic E-state index is 12.4. The van der Waals surface area contributed by atoms with Gasteiger partial charge in [-0.3, -0.25) is 14.3 Å². The van der Waals surface area contributed by atoms with Gasteiger partial charge >= 0.3 is 5.97 Å². The highest BCUT2D eigenvalue weighted by Crippen LogP contribution is 2.28. The van der Waals surface area contributed by atoms with Crippen molar-refractivity contribution in [1.82, 2.24) is 15.1 Å². The maximum Gasteiger partial charge on any atom is 0.308 e. The third kappa shape index (κ3) is 3.29. The normalized spacial score (nSPS) is 17.1. The van der Waals surface area contributed by atoms with Crippen molar-refractivity contribution in [3.05, 3.63) is 16.6 Å². The number of carboxylic acids is 1. The number of amides is 1. The number of carbonyl (C=O) groups excluding carboxylic acids is 1. The molecule has 8 heteroatoms. The molecule has 2 aromatic heterocycles. The van der Waals surface area contributed by atoms with Crippen molar-refractivity contribution >= 4 is 33.4 Å². The van der Waals surface area contributed by atoms with E-state index in [1.165, 1.54) is 11.3 Å². The van der Waals surface area contributed by atoms with Crippen LogP contribution in [0.15, 0.2) is 6.07 Å². The maximum atomic E-state index is 12.4. The van der Waals surface area contributed by atoms with Gasteiger partial charge in [-0.2, -0.15) is 5.10 Å². The Morgan fingerprint density at radius 2 is 2.21 bits per heavy atom. The Bertz CT molecular complexity index is 726. The van der Waals surface area contributed by atoms with Gasteiger partial charge in [-0.15, -0.1) is 11.3 Å². The second kappa shape index (κ2) is 6.90. The Hall–Kier alpha value is -1.93. The summed E-state index contributed by atoms with van der Waals surface area (Å²) < 4.78 is 7.04. The van der Waals surface area contributed by atoms with Gasteiger partial charge in [0, 0.05) is 32.2 Å². The Kier molecular flexibility index (Phi) is 4.86. The lowest BCUT2D eigenvalue weighted by molar-refractivity contribution is -0.144. The SMILES string of the molecule is Cc1nn(C)c2sc(C(=O)NCC(C(=O)O)C3CCOCC3)cc12. The highest BCUT2D eigenvalue weighted by atomic mass is 32.1. The minimum absolute atomic E-state index is 0.0467. The number of hydrogen-bond donors (Lipinski definition) is 2. The Labute approximate surface area is 143 Å². The molecule has 0 spiro atoms. The summed E-state index contributed by atoms with van der Waals surface area (Å²) in [6, 6.07) is 1.82. The summed E-state index contributed by atoms with van der Waals surface area (Å²) in [5.41, 5.74) is 0.883. The second-order valence-electron chi connectivity index (χ2n) is 6.14. The molecule has 0 radical (unpaired) electrons. The van der Waals surface area contributed by atoms with E-state index in [1.807, 2.05) is 20.0 Å². The number of hydrogen-bond acceptors (Lipinski definition) is 5. The van der Waals surface area contributed by atoms with Crippen LogP contribution in [0.1, 0.15) is 28.2 Å². The van der Waals surface area contributed by atoms with Crippen LogP contribution in [-0.4, -0.2) is 46.5 Å². The van der Waals surface area contributed by atoms with Crippen LogP contribution in [0, 0.1) is 18.8 Å². The van der Waals surface area contributed by atoms with Crippen LogP contribution in [0.25, 0.3) is 10.2 Å². The van der Waals surface area contributed by atoms with E-state index < -0.39 is 11.9 Å². The van der Waals surface area contributed by atoms with Gasteiger partial charge in [0.2, 0.25) is 0 Å². The van der Waals surface area contributed by atoms with Crippen molar-refractivity contribution in [2.24, 2.45) is 18.9 Å². The van der Waals surface area contributed by atoms with Crippen molar-refractivity contribution in [3.8, 4) is 0 Å². The minimum atomic E-state index is -0.862. The molecule has 0 saturated carbocycles. The van der Waals surface area contributed by atoms with Crippen molar-refractivity contribution < 1.29 is 19.4 Å². The van der Waals surface area contributed by atoms with E-state index in [4.69, 9.17) is 4.74 Å². The molecule has 2 aromatic rings. The van der Waals surface area contributed by atoms with E-state index in [0.717, 1.165) is 28.8 Å². The Balaban J connectivity index is 1.68. The summed E-state index contributed by atoms with van der Waals surface area (Å²) >= 11 is 1.37. The number of nitrogens with zero attached hydrogens (tertiary/aromatic N) is 2. The van der Waals surface area contributed by atoms with Gasteiger partial charge in [-0.1, -0.05) is 0 Å². The molecule has 1 aliphatic heterocycles. The van der Waals surface area contributed by atoms with Crippen LogP contribution < -0.4 is 5.32 Å². The van der Waals surface area contributed by atoms with Crippen LogP contribution in [-0.2, 0) is 16.6 Å². The third-order valence-corrected chi connectivity index (χ3v) is 5.76. The molecule has 1 unspecified atom stereocenters. The molecule has 3 heterocycles. The third-order valence-electron chi connectivity index (χ3n) is 4.55. The molecule has 130 valence electrons. The van der Waals surface area contributed by atoms with Gasteiger partial charge in [0.25, 0.3) is 5.91 Å². The first kappa shape index (κ1) is 16.9. The van der Waals surface area contributed by atoms with E-state index in [2.05, 4.69) is 10.4 Å². The second-order valence-corrected chi connectivity index (χ2v) is 7.17. The summed E-state index contributed by atoms with van der Waals surface area (Å²) in [6.45, 7) is 3.22. The largest absolute Gasteiger partial charge is 0.481 e. The van der Waals surface area contributed by atoms with Crippen molar-refractivity contribution in [2.75, 3.05) is 19.8 Å². The number of fused-ring (bicyclic) bond motifs is 1.